The van der Waals surface area contributed by atoms with Crippen molar-refractivity contribution in [3.63, 3.8) is 0 Å². The number of imidazole rings is 1. The topological polar surface area (TPSA) is 38.0 Å². The van der Waals surface area contributed by atoms with Gasteiger partial charge in [-0.1, -0.05) is 34.1 Å². The molecule has 4 heteroatoms. The lowest BCUT2D eigenvalue weighted by atomic mass is 10.1. The van der Waals surface area contributed by atoms with Crippen LogP contribution in [0.25, 0.3) is 11.3 Å². The standard InChI is InChI=1S/C13H13BrN2O/c14-11-4-2-1-3-10(11)12-8-16-6-5-9(17)7-13(16)15-12/h1-4,8-9,17H,5-7H2. The van der Waals surface area contributed by atoms with E-state index in [0.29, 0.717) is 6.42 Å². The van der Waals surface area contributed by atoms with Crippen LogP contribution in [0.2, 0.25) is 0 Å². The van der Waals surface area contributed by atoms with Gasteiger partial charge < -0.3 is 9.67 Å². The van der Waals surface area contributed by atoms with E-state index in [1.54, 1.807) is 0 Å². The van der Waals surface area contributed by atoms with Crippen LogP contribution in [-0.4, -0.2) is 20.8 Å². The minimum absolute atomic E-state index is 0.239. The van der Waals surface area contributed by atoms with Gasteiger partial charge in [0.15, 0.2) is 0 Å². The van der Waals surface area contributed by atoms with Gasteiger partial charge in [-0.3, -0.25) is 0 Å². The molecule has 1 aliphatic rings. The van der Waals surface area contributed by atoms with Crippen molar-refractivity contribution in [2.45, 2.75) is 25.5 Å². The number of hydrogen-bond acceptors (Lipinski definition) is 2. The Morgan fingerprint density at radius 1 is 1.35 bits per heavy atom. The smallest absolute Gasteiger partial charge is 0.112 e. The van der Waals surface area contributed by atoms with Gasteiger partial charge >= 0.3 is 0 Å². The molecule has 0 bridgehead atoms. The predicted molar refractivity (Wildman–Crippen MR) is 69.7 cm³/mol. The van der Waals surface area contributed by atoms with Crippen molar-refractivity contribution >= 4 is 15.9 Å². The number of aliphatic hydroxyl groups is 1. The van der Waals surface area contributed by atoms with Gasteiger partial charge in [0.2, 0.25) is 0 Å². The molecular weight excluding hydrogens is 280 g/mol. The molecule has 3 nitrogen and oxygen atoms in total. The van der Waals surface area contributed by atoms with Gasteiger partial charge in [-0.25, -0.2) is 4.98 Å². The summed E-state index contributed by atoms with van der Waals surface area (Å²) in [6.45, 7) is 0.855. The molecule has 88 valence electrons. The highest BCUT2D eigenvalue weighted by Gasteiger charge is 2.19. The van der Waals surface area contributed by atoms with Crippen molar-refractivity contribution in [2.24, 2.45) is 0 Å². The summed E-state index contributed by atoms with van der Waals surface area (Å²) in [5.74, 6) is 0.981. The maximum atomic E-state index is 9.63. The van der Waals surface area contributed by atoms with Gasteiger partial charge in [0, 0.05) is 29.2 Å². The maximum Gasteiger partial charge on any atom is 0.112 e. The van der Waals surface area contributed by atoms with E-state index >= 15 is 0 Å². The van der Waals surface area contributed by atoms with Crippen LogP contribution in [0.5, 0.6) is 0 Å². The Labute approximate surface area is 108 Å². The first-order valence-electron chi connectivity index (χ1n) is 5.73. The Bertz CT molecular complexity index is 550. The molecule has 3 rings (SSSR count). The molecule has 0 fully saturated rings. The lowest BCUT2D eigenvalue weighted by Crippen LogP contribution is -2.22. The SMILES string of the molecule is OC1CCn2cc(-c3ccccc3Br)nc2C1. The summed E-state index contributed by atoms with van der Waals surface area (Å²) in [7, 11) is 0. The van der Waals surface area contributed by atoms with Crippen molar-refractivity contribution in [2.75, 3.05) is 0 Å². The molecule has 0 radical (unpaired) electrons. The summed E-state index contributed by atoms with van der Waals surface area (Å²) in [5, 5.41) is 9.63. The minimum Gasteiger partial charge on any atom is -0.393 e. The van der Waals surface area contributed by atoms with E-state index in [-0.39, 0.29) is 6.10 Å². The first-order chi connectivity index (χ1) is 8.24. The third-order valence-electron chi connectivity index (χ3n) is 3.13. The van der Waals surface area contributed by atoms with E-state index in [1.165, 1.54) is 0 Å². The molecule has 1 unspecified atom stereocenters. The Morgan fingerprint density at radius 2 is 2.18 bits per heavy atom. The zero-order valence-corrected chi connectivity index (χ0v) is 10.9. The lowest BCUT2D eigenvalue weighted by Gasteiger charge is -2.18. The number of aromatic nitrogens is 2. The molecule has 0 saturated heterocycles. The molecule has 2 aromatic rings. The molecule has 17 heavy (non-hydrogen) atoms. The van der Waals surface area contributed by atoms with Gasteiger partial charge in [0.1, 0.15) is 5.82 Å². The van der Waals surface area contributed by atoms with E-state index in [1.807, 2.05) is 18.2 Å². The van der Waals surface area contributed by atoms with Gasteiger partial charge in [0.25, 0.3) is 0 Å². The molecule has 1 atom stereocenters. The molecule has 1 aromatic heterocycles. The average Bonchev–Trinajstić information content (AvgIpc) is 2.72. The second-order valence-electron chi connectivity index (χ2n) is 4.36. The van der Waals surface area contributed by atoms with E-state index < -0.39 is 0 Å². The highest BCUT2D eigenvalue weighted by Crippen LogP contribution is 2.28. The quantitative estimate of drug-likeness (QED) is 0.877. The third-order valence-corrected chi connectivity index (χ3v) is 3.82. The summed E-state index contributed by atoms with van der Waals surface area (Å²) < 4.78 is 3.19. The summed E-state index contributed by atoms with van der Waals surface area (Å²) in [6, 6.07) is 8.07. The van der Waals surface area contributed by atoms with E-state index in [0.717, 1.165) is 34.5 Å². The summed E-state index contributed by atoms with van der Waals surface area (Å²) >= 11 is 3.54. The highest BCUT2D eigenvalue weighted by atomic mass is 79.9. The van der Waals surface area contributed by atoms with Gasteiger partial charge in [0.05, 0.1) is 11.8 Å². The van der Waals surface area contributed by atoms with Crippen molar-refractivity contribution in [1.29, 1.82) is 0 Å². The number of rotatable bonds is 1. The fourth-order valence-corrected chi connectivity index (χ4v) is 2.70. The number of aryl methyl sites for hydroxylation is 1. The number of hydrogen-bond donors (Lipinski definition) is 1. The maximum absolute atomic E-state index is 9.63. The fourth-order valence-electron chi connectivity index (χ4n) is 2.21. The van der Waals surface area contributed by atoms with Crippen molar-refractivity contribution in [3.8, 4) is 11.3 Å². The lowest BCUT2D eigenvalue weighted by molar-refractivity contribution is 0.141. The molecule has 0 amide bonds. The molecule has 2 heterocycles. The predicted octanol–water partition coefficient (Wildman–Crippen LogP) is 2.62. The number of benzene rings is 1. The van der Waals surface area contributed by atoms with E-state index in [2.05, 4.69) is 37.7 Å². The molecule has 1 aromatic carbocycles. The van der Waals surface area contributed by atoms with Gasteiger partial charge in [-0.2, -0.15) is 0 Å². The molecule has 0 aliphatic carbocycles. The number of aliphatic hydroxyl groups excluding tert-OH is 1. The van der Waals surface area contributed by atoms with Crippen molar-refractivity contribution in [3.05, 3.63) is 40.8 Å². The van der Waals surface area contributed by atoms with Crippen LogP contribution in [0, 0.1) is 0 Å². The molecule has 0 saturated carbocycles. The second-order valence-corrected chi connectivity index (χ2v) is 5.22. The monoisotopic (exact) mass is 292 g/mol. The van der Waals surface area contributed by atoms with Crippen LogP contribution < -0.4 is 0 Å². The van der Waals surface area contributed by atoms with Crippen LogP contribution in [-0.2, 0) is 13.0 Å². The normalized spacial score (nSPS) is 19.1. The molecule has 0 spiro atoms. The Hall–Kier alpha value is -1.13. The summed E-state index contributed by atoms with van der Waals surface area (Å²) in [6.07, 6.45) is 3.31. The first kappa shape index (κ1) is 11.0. The van der Waals surface area contributed by atoms with Crippen molar-refractivity contribution in [1.82, 2.24) is 9.55 Å². The molecule has 1 aliphatic heterocycles. The Morgan fingerprint density at radius 3 is 3.00 bits per heavy atom. The minimum atomic E-state index is -0.239. The highest BCUT2D eigenvalue weighted by molar-refractivity contribution is 9.10. The van der Waals surface area contributed by atoms with Crippen LogP contribution in [0.3, 0.4) is 0 Å². The molecule has 1 N–H and O–H groups in total. The Kier molecular flexibility index (Phi) is 2.76. The average molecular weight is 293 g/mol. The van der Waals surface area contributed by atoms with Crippen molar-refractivity contribution < 1.29 is 5.11 Å². The third kappa shape index (κ3) is 2.03. The van der Waals surface area contributed by atoms with Gasteiger partial charge in [-0.05, 0) is 12.5 Å². The number of fused-ring (bicyclic) bond motifs is 1. The zero-order chi connectivity index (χ0) is 11.8. The zero-order valence-electron chi connectivity index (χ0n) is 9.31. The number of nitrogens with zero attached hydrogens (tertiary/aromatic N) is 2. The van der Waals surface area contributed by atoms with E-state index in [9.17, 15) is 5.11 Å². The first-order valence-corrected chi connectivity index (χ1v) is 6.52. The van der Waals surface area contributed by atoms with Crippen LogP contribution >= 0.6 is 15.9 Å². The fraction of sp³-hybridized carbons (Fsp3) is 0.308. The van der Waals surface area contributed by atoms with Crippen LogP contribution in [0.1, 0.15) is 12.2 Å². The van der Waals surface area contributed by atoms with Gasteiger partial charge in [-0.15, -0.1) is 0 Å². The summed E-state index contributed by atoms with van der Waals surface area (Å²) in [4.78, 5) is 4.61. The Balaban J connectivity index is 2.03. The van der Waals surface area contributed by atoms with Crippen LogP contribution in [0.4, 0.5) is 0 Å². The van der Waals surface area contributed by atoms with Crippen LogP contribution in [0.15, 0.2) is 34.9 Å². The largest absolute Gasteiger partial charge is 0.393 e. The summed E-state index contributed by atoms with van der Waals surface area (Å²) in [5.41, 5.74) is 2.07. The number of halogens is 1. The molecular formula is C13H13BrN2O. The second kappa shape index (κ2) is 4.27. The van der Waals surface area contributed by atoms with E-state index in [4.69, 9.17) is 0 Å².